The third-order valence-electron chi connectivity index (χ3n) is 8.25. The molecule has 2 aliphatic heterocycles. The molecule has 2 atom stereocenters. The van der Waals surface area contributed by atoms with E-state index in [2.05, 4.69) is 19.8 Å². The van der Waals surface area contributed by atoms with Gasteiger partial charge >= 0.3 is 0 Å². The van der Waals surface area contributed by atoms with Gasteiger partial charge in [0.2, 0.25) is 10.0 Å². The van der Waals surface area contributed by atoms with E-state index in [9.17, 15) is 18.3 Å². The minimum Gasteiger partial charge on any atom is -0.493 e. The fourth-order valence-electron chi connectivity index (χ4n) is 5.40. The Balaban J connectivity index is 1.42. The van der Waals surface area contributed by atoms with Gasteiger partial charge in [-0.25, -0.2) is 13.4 Å². The van der Waals surface area contributed by atoms with Crippen LogP contribution >= 0.6 is 0 Å². The highest BCUT2D eigenvalue weighted by molar-refractivity contribution is 7.93. The maximum Gasteiger partial charge on any atom is 0.258 e. The molecule has 12 heteroatoms. The van der Waals surface area contributed by atoms with Crippen LogP contribution in [0.1, 0.15) is 49.9 Å². The number of benzene rings is 1. The van der Waals surface area contributed by atoms with Crippen molar-refractivity contribution in [1.82, 2.24) is 4.98 Å². The Morgan fingerprint density at radius 3 is 2.58 bits per heavy atom. The quantitative estimate of drug-likeness (QED) is 0.414. The molecule has 40 heavy (non-hydrogen) atoms. The molecule has 3 N–H and O–H groups in total. The summed E-state index contributed by atoms with van der Waals surface area (Å²) >= 11 is 0. The van der Waals surface area contributed by atoms with Crippen LogP contribution in [-0.4, -0.2) is 82.3 Å². The van der Waals surface area contributed by atoms with Crippen LogP contribution in [0.15, 0.2) is 30.3 Å². The summed E-state index contributed by atoms with van der Waals surface area (Å²) < 4.78 is 39.0. The van der Waals surface area contributed by atoms with Gasteiger partial charge in [0, 0.05) is 26.2 Å². The topological polar surface area (TPSA) is 133 Å². The Hall–Kier alpha value is -3.09. The summed E-state index contributed by atoms with van der Waals surface area (Å²) in [4.78, 5) is 22.6. The molecule has 11 nitrogen and oxygen atoms in total. The average Bonchev–Trinajstić information content (AvgIpc) is 3.71. The van der Waals surface area contributed by atoms with Gasteiger partial charge in [0.15, 0.2) is 11.6 Å². The van der Waals surface area contributed by atoms with E-state index in [4.69, 9.17) is 14.5 Å². The van der Waals surface area contributed by atoms with E-state index in [0.29, 0.717) is 59.4 Å². The number of nitrogens with one attached hydrogen (secondary N) is 2. The predicted octanol–water partition coefficient (Wildman–Crippen LogP) is 3.07. The zero-order valence-electron chi connectivity index (χ0n) is 23.4. The summed E-state index contributed by atoms with van der Waals surface area (Å²) in [7, 11) is -2.19. The molecule has 0 bridgehead atoms. The summed E-state index contributed by atoms with van der Waals surface area (Å²) in [6.45, 7) is 6.45. The second kappa shape index (κ2) is 11.4. The van der Waals surface area contributed by atoms with E-state index in [-0.39, 0.29) is 12.0 Å². The predicted molar refractivity (Wildman–Crippen MR) is 155 cm³/mol. The second-order valence-corrected chi connectivity index (χ2v) is 13.3. The Morgan fingerprint density at radius 1 is 1.18 bits per heavy atom. The van der Waals surface area contributed by atoms with Gasteiger partial charge in [0.05, 0.1) is 43.4 Å². The number of carbonyl (C=O) groups excluding carboxylic acids is 1. The Morgan fingerprint density at radius 2 is 1.93 bits per heavy atom. The normalized spacial score (nSPS) is 21.1. The van der Waals surface area contributed by atoms with Crippen molar-refractivity contribution in [3.05, 3.63) is 35.9 Å². The summed E-state index contributed by atoms with van der Waals surface area (Å²) in [6.07, 6.45) is 4.65. The summed E-state index contributed by atoms with van der Waals surface area (Å²) in [5.74, 6) is 1.31. The molecule has 0 unspecified atom stereocenters. The number of aromatic nitrogens is 1. The zero-order chi connectivity index (χ0) is 28.5. The highest BCUT2D eigenvalue weighted by Gasteiger charge is 2.44. The Labute approximate surface area is 235 Å². The van der Waals surface area contributed by atoms with Crippen LogP contribution in [0.3, 0.4) is 0 Å². The van der Waals surface area contributed by atoms with Crippen LogP contribution in [0.5, 0.6) is 5.75 Å². The molecule has 1 spiro atoms. The zero-order valence-corrected chi connectivity index (χ0v) is 24.2. The van der Waals surface area contributed by atoms with Crippen molar-refractivity contribution in [2.75, 3.05) is 66.3 Å². The van der Waals surface area contributed by atoms with Gasteiger partial charge < -0.3 is 29.7 Å². The Kier molecular flexibility index (Phi) is 8.12. The van der Waals surface area contributed by atoms with Crippen molar-refractivity contribution in [3.63, 3.8) is 0 Å². The van der Waals surface area contributed by atoms with Crippen molar-refractivity contribution in [2.24, 2.45) is 5.41 Å². The molecule has 1 saturated carbocycles. The average molecular weight is 574 g/mol. The van der Waals surface area contributed by atoms with Gasteiger partial charge in [-0.05, 0) is 75.3 Å². The number of hydrogen-bond acceptors (Lipinski definition) is 9. The third kappa shape index (κ3) is 6.13. The van der Waals surface area contributed by atoms with Crippen molar-refractivity contribution in [1.29, 1.82) is 0 Å². The van der Waals surface area contributed by atoms with Crippen LogP contribution < -0.4 is 24.6 Å². The van der Waals surface area contributed by atoms with Gasteiger partial charge in [0.25, 0.3) is 5.91 Å². The van der Waals surface area contributed by atoms with Crippen LogP contribution in [-0.2, 0) is 14.8 Å². The van der Waals surface area contributed by atoms with Crippen LogP contribution in [0.2, 0.25) is 0 Å². The first-order valence-corrected chi connectivity index (χ1v) is 15.4. The molecule has 218 valence electrons. The summed E-state index contributed by atoms with van der Waals surface area (Å²) in [6, 6.07) is 8.43. The first-order chi connectivity index (χ1) is 19.1. The van der Waals surface area contributed by atoms with E-state index in [0.717, 1.165) is 25.9 Å². The number of morpholine rings is 1. The number of aliphatic hydroxyl groups excluding tert-OH is 1. The first-order valence-electron chi connectivity index (χ1n) is 13.9. The largest absolute Gasteiger partial charge is 0.493 e. The van der Waals surface area contributed by atoms with Gasteiger partial charge in [-0.3, -0.25) is 9.52 Å². The molecule has 1 aromatic heterocycles. The number of carbonyl (C=O) groups is 1. The van der Waals surface area contributed by atoms with Gasteiger partial charge in [-0.15, -0.1) is 0 Å². The van der Waals surface area contributed by atoms with E-state index >= 15 is 0 Å². The van der Waals surface area contributed by atoms with Crippen molar-refractivity contribution in [3.8, 4) is 5.75 Å². The standard InChI is InChI=1S/C28H39N5O6S/c1-19-17-33(14-15-39-19)26-24(38-3)6-7-25(29-26)30-27(35)22-5-4-21(31-40(36,37)20(2)18-34)16-23(22)32-12-10-28(8-9-28)11-13-32/h4-7,16,19-20,31,34H,8-15,17-18H2,1-3H3,(H,29,30,35)/t19-,20-/m1/s1. The third-order valence-corrected chi connectivity index (χ3v) is 9.98. The van der Waals surface area contributed by atoms with Crippen molar-refractivity contribution >= 4 is 38.9 Å². The lowest BCUT2D eigenvalue weighted by Gasteiger charge is -2.35. The first kappa shape index (κ1) is 28.4. The van der Waals surface area contributed by atoms with E-state index in [1.165, 1.54) is 19.8 Å². The number of piperidine rings is 1. The molecule has 2 aromatic rings. The molecule has 0 radical (unpaired) electrons. The molecule has 3 fully saturated rings. The monoisotopic (exact) mass is 573 g/mol. The fraction of sp³-hybridized carbons (Fsp3) is 0.571. The van der Waals surface area contributed by atoms with Crippen molar-refractivity contribution < 1.29 is 27.8 Å². The number of amides is 1. The van der Waals surface area contributed by atoms with Crippen LogP contribution in [0, 0.1) is 5.41 Å². The number of pyridine rings is 1. The number of methoxy groups -OCH3 is 1. The Bertz CT molecular complexity index is 1340. The fourth-order valence-corrected chi connectivity index (χ4v) is 6.25. The lowest BCUT2D eigenvalue weighted by Crippen LogP contribution is -2.41. The molecule has 5 rings (SSSR count). The molecule has 1 aliphatic carbocycles. The maximum absolute atomic E-state index is 13.6. The van der Waals surface area contributed by atoms with E-state index in [1.54, 1.807) is 37.4 Å². The lowest BCUT2D eigenvalue weighted by atomic mass is 9.93. The minimum absolute atomic E-state index is 0.0525. The molecular weight excluding hydrogens is 534 g/mol. The number of nitrogens with zero attached hydrogens (tertiary/aromatic N) is 3. The van der Waals surface area contributed by atoms with Crippen molar-refractivity contribution in [2.45, 2.75) is 50.9 Å². The van der Waals surface area contributed by atoms with E-state index in [1.807, 2.05) is 6.92 Å². The second-order valence-electron chi connectivity index (χ2n) is 11.2. The number of sulfonamides is 1. The summed E-state index contributed by atoms with van der Waals surface area (Å²) in [5.41, 5.74) is 1.89. The lowest BCUT2D eigenvalue weighted by molar-refractivity contribution is 0.0528. The molecular formula is C28H39N5O6S. The molecule has 2 saturated heterocycles. The maximum atomic E-state index is 13.6. The van der Waals surface area contributed by atoms with Crippen LogP contribution in [0.25, 0.3) is 0 Å². The number of anilines is 4. The van der Waals surface area contributed by atoms with Gasteiger partial charge in [-0.1, -0.05) is 0 Å². The minimum atomic E-state index is -3.78. The van der Waals surface area contributed by atoms with Gasteiger partial charge in [0.1, 0.15) is 11.1 Å². The molecule has 3 aliphatic rings. The summed E-state index contributed by atoms with van der Waals surface area (Å²) in [5, 5.41) is 11.3. The number of rotatable bonds is 9. The number of ether oxygens (including phenoxy) is 2. The smallest absolute Gasteiger partial charge is 0.258 e. The highest BCUT2D eigenvalue weighted by atomic mass is 32.2. The molecule has 1 aromatic carbocycles. The number of hydrogen-bond donors (Lipinski definition) is 3. The number of aliphatic hydroxyl groups is 1. The van der Waals surface area contributed by atoms with Crippen LogP contribution in [0.4, 0.5) is 23.0 Å². The highest BCUT2D eigenvalue weighted by Crippen LogP contribution is 2.54. The van der Waals surface area contributed by atoms with E-state index < -0.39 is 21.9 Å². The van der Waals surface area contributed by atoms with Gasteiger partial charge in [-0.2, -0.15) is 0 Å². The SMILES string of the molecule is COc1ccc(NC(=O)c2ccc(NS(=O)(=O)[C@H](C)CO)cc2N2CCC3(CC2)CC3)nc1N1CCO[C@H](C)C1. The molecule has 3 heterocycles. The molecule has 1 amide bonds.